The van der Waals surface area contributed by atoms with Crippen LogP contribution < -0.4 is 19.3 Å². The van der Waals surface area contributed by atoms with Gasteiger partial charge in [-0.2, -0.15) is 0 Å². The molecule has 0 aliphatic rings. The lowest BCUT2D eigenvalue weighted by Gasteiger charge is -2.23. The van der Waals surface area contributed by atoms with E-state index in [1.54, 1.807) is 12.1 Å². The van der Waals surface area contributed by atoms with E-state index >= 15 is 0 Å². The van der Waals surface area contributed by atoms with Crippen LogP contribution in [0.4, 0.5) is 0 Å². The van der Waals surface area contributed by atoms with Crippen molar-refractivity contribution >= 4 is 10.0 Å². The summed E-state index contributed by atoms with van der Waals surface area (Å²) in [5, 5.41) is 9.69. The Morgan fingerprint density at radius 1 is 1.10 bits per heavy atom. The number of nitrogens with zero attached hydrogens (tertiary/aromatic N) is 2. The minimum Gasteiger partial charge on any atom is -0.495 e. The lowest BCUT2D eigenvalue weighted by atomic mass is 10.1. The molecule has 2 aromatic carbocycles. The van der Waals surface area contributed by atoms with E-state index in [1.807, 2.05) is 32.0 Å². The maximum Gasteiger partial charge on any atom is 0.241 e. The highest BCUT2D eigenvalue weighted by atomic mass is 32.2. The molecule has 0 unspecified atom stereocenters. The van der Waals surface area contributed by atoms with Crippen LogP contribution in [0.5, 0.6) is 17.2 Å². The molecule has 2 aromatic rings. The number of hydrogen-bond donors (Lipinski definition) is 1. The van der Waals surface area contributed by atoms with Crippen molar-refractivity contribution in [3.8, 4) is 17.2 Å². The van der Waals surface area contributed by atoms with Crippen molar-refractivity contribution in [1.29, 1.82) is 0 Å². The Kier molecular flexibility index (Phi) is 8.43. The van der Waals surface area contributed by atoms with E-state index in [9.17, 15) is 13.3 Å². The summed E-state index contributed by atoms with van der Waals surface area (Å²) in [6.07, 6.45) is 0.383. The zero-order chi connectivity index (χ0) is 22.1. The Bertz CT molecular complexity index is 951. The van der Waals surface area contributed by atoms with E-state index in [0.717, 1.165) is 0 Å². The fourth-order valence-corrected chi connectivity index (χ4v) is 3.70. The summed E-state index contributed by atoms with van der Waals surface area (Å²) >= 11 is 0. The van der Waals surface area contributed by atoms with Gasteiger partial charge in [-0.15, -0.1) is 4.91 Å². The van der Waals surface area contributed by atoms with E-state index < -0.39 is 10.0 Å². The number of ether oxygens (including phenoxy) is 3. The molecular weight excluding hydrogens is 410 g/mol. The van der Waals surface area contributed by atoms with E-state index in [-0.39, 0.29) is 29.8 Å². The summed E-state index contributed by atoms with van der Waals surface area (Å²) in [6.45, 7) is 4.70. The molecule has 0 fully saturated rings. The number of primary sulfonamides is 1. The molecule has 30 heavy (non-hydrogen) atoms. The quantitative estimate of drug-likeness (QED) is 0.400. The summed E-state index contributed by atoms with van der Waals surface area (Å²) in [7, 11) is -2.57. The molecule has 0 amide bonds. The first-order valence-electron chi connectivity index (χ1n) is 9.44. The third-order valence-electron chi connectivity index (χ3n) is 4.41. The summed E-state index contributed by atoms with van der Waals surface area (Å²) in [4.78, 5) is 11.2. The lowest BCUT2D eigenvalue weighted by molar-refractivity contribution is 0.167. The van der Waals surface area contributed by atoms with Crippen molar-refractivity contribution in [3.05, 3.63) is 52.9 Å². The van der Waals surface area contributed by atoms with Gasteiger partial charge in [0, 0.05) is 0 Å². The number of benzene rings is 2. The monoisotopic (exact) mass is 437 g/mol. The molecule has 1 atom stereocenters. The van der Waals surface area contributed by atoms with Gasteiger partial charge in [-0.25, -0.2) is 13.6 Å². The zero-order valence-electron chi connectivity index (χ0n) is 17.3. The molecule has 0 saturated heterocycles. The first-order valence-corrected chi connectivity index (χ1v) is 11.0. The van der Waals surface area contributed by atoms with E-state index in [1.165, 1.54) is 24.3 Å². The van der Waals surface area contributed by atoms with Crippen molar-refractivity contribution in [1.82, 2.24) is 5.01 Å². The fourth-order valence-electron chi connectivity index (χ4n) is 2.95. The Labute approximate surface area is 176 Å². The number of nitroso groups, excluding NO2 is 1. The van der Waals surface area contributed by atoms with Crippen LogP contribution in [0.1, 0.15) is 19.4 Å². The van der Waals surface area contributed by atoms with Crippen molar-refractivity contribution in [3.63, 3.8) is 0 Å². The van der Waals surface area contributed by atoms with E-state index in [2.05, 4.69) is 5.29 Å². The molecule has 0 aliphatic heterocycles. The van der Waals surface area contributed by atoms with Crippen LogP contribution >= 0.6 is 0 Å². The molecule has 0 spiro atoms. The fraction of sp³-hybridized carbons (Fsp3) is 0.400. The van der Waals surface area contributed by atoms with E-state index in [4.69, 9.17) is 19.3 Å². The van der Waals surface area contributed by atoms with Crippen LogP contribution in [0.25, 0.3) is 0 Å². The maximum atomic E-state index is 11.8. The minimum absolute atomic E-state index is 0.101. The Morgan fingerprint density at radius 3 is 2.33 bits per heavy atom. The van der Waals surface area contributed by atoms with Gasteiger partial charge in [0.25, 0.3) is 0 Å². The predicted octanol–water partition coefficient (Wildman–Crippen LogP) is 2.73. The lowest BCUT2D eigenvalue weighted by Crippen LogP contribution is -2.33. The molecule has 2 N–H and O–H groups in total. The van der Waals surface area contributed by atoms with Crippen LogP contribution in [0.3, 0.4) is 0 Å². The molecule has 164 valence electrons. The van der Waals surface area contributed by atoms with Gasteiger partial charge in [0.15, 0.2) is 11.5 Å². The van der Waals surface area contributed by atoms with Gasteiger partial charge < -0.3 is 14.2 Å². The van der Waals surface area contributed by atoms with Crippen LogP contribution in [0.2, 0.25) is 0 Å². The van der Waals surface area contributed by atoms with Crippen LogP contribution in [-0.2, 0) is 16.4 Å². The van der Waals surface area contributed by atoms with Crippen molar-refractivity contribution < 1.29 is 22.6 Å². The van der Waals surface area contributed by atoms with Gasteiger partial charge in [0.05, 0.1) is 31.6 Å². The van der Waals surface area contributed by atoms with Gasteiger partial charge in [-0.3, -0.25) is 5.01 Å². The molecule has 0 bridgehead atoms. The topological polar surface area (TPSA) is 121 Å². The minimum atomic E-state index is -3.94. The molecule has 0 heterocycles. The molecule has 2 rings (SSSR count). The number of methoxy groups -OCH3 is 1. The molecule has 0 radical (unpaired) electrons. The highest BCUT2D eigenvalue weighted by Gasteiger charge is 2.19. The molecule has 0 aromatic heterocycles. The molecule has 0 aliphatic carbocycles. The number of hydrogen-bond acceptors (Lipinski definition) is 7. The van der Waals surface area contributed by atoms with Gasteiger partial charge in [-0.05, 0) is 50.1 Å². The maximum absolute atomic E-state index is 11.8. The smallest absolute Gasteiger partial charge is 0.241 e. The SMILES string of the molecule is CCOc1ccccc1OCCN(N=O)[C@@H](C)Cc1ccc(OC)c(S(N)(=O)=O)c1. The van der Waals surface area contributed by atoms with Crippen molar-refractivity contribution in [2.75, 3.05) is 26.9 Å². The second-order valence-corrected chi connectivity index (χ2v) is 8.09. The summed E-state index contributed by atoms with van der Waals surface area (Å²) in [5.74, 6) is 1.39. The summed E-state index contributed by atoms with van der Waals surface area (Å²) < 4.78 is 39.9. The largest absolute Gasteiger partial charge is 0.495 e. The second-order valence-electron chi connectivity index (χ2n) is 6.56. The third-order valence-corrected chi connectivity index (χ3v) is 5.34. The number of nitrogens with two attached hydrogens (primary N) is 1. The predicted molar refractivity (Wildman–Crippen MR) is 113 cm³/mol. The number of sulfonamides is 1. The molecule has 10 heteroatoms. The zero-order valence-corrected chi connectivity index (χ0v) is 18.1. The number of para-hydroxylation sites is 2. The van der Waals surface area contributed by atoms with Crippen molar-refractivity contribution in [2.24, 2.45) is 10.4 Å². The summed E-state index contributed by atoms with van der Waals surface area (Å²) in [5.41, 5.74) is 0.684. The van der Waals surface area contributed by atoms with Gasteiger partial charge in [0.2, 0.25) is 10.0 Å². The second kappa shape index (κ2) is 10.8. The van der Waals surface area contributed by atoms with Crippen molar-refractivity contribution in [2.45, 2.75) is 31.2 Å². The standard InChI is InChI=1S/C20H27N3O6S/c1-4-28-17-7-5-6-8-18(17)29-12-11-23(22-24)15(2)13-16-9-10-19(27-3)20(14-16)30(21,25)26/h5-10,14-15H,4,11-13H2,1-3H3,(H2,21,25,26)/t15-/m0/s1. The van der Waals surface area contributed by atoms with Crippen LogP contribution in [-0.4, -0.2) is 46.3 Å². The summed E-state index contributed by atoms with van der Waals surface area (Å²) in [6, 6.07) is 11.7. The third kappa shape index (κ3) is 6.33. The highest BCUT2D eigenvalue weighted by Crippen LogP contribution is 2.27. The van der Waals surface area contributed by atoms with Crippen LogP contribution in [0, 0.1) is 4.91 Å². The molecule has 0 saturated carbocycles. The van der Waals surface area contributed by atoms with Crippen LogP contribution in [0.15, 0.2) is 52.6 Å². The first kappa shape index (κ1) is 23.4. The Morgan fingerprint density at radius 2 is 1.77 bits per heavy atom. The normalized spacial score (nSPS) is 12.1. The highest BCUT2D eigenvalue weighted by molar-refractivity contribution is 7.89. The first-order chi connectivity index (χ1) is 14.3. The number of rotatable bonds is 12. The van der Waals surface area contributed by atoms with E-state index in [0.29, 0.717) is 30.1 Å². The average Bonchev–Trinajstić information content (AvgIpc) is 2.71. The van der Waals surface area contributed by atoms with Gasteiger partial charge in [0.1, 0.15) is 17.3 Å². The molecule has 9 nitrogen and oxygen atoms in total. The average molecular weight is 438 g/mol. The molecular formula is C20H27N3O6S. The Balaban J connectivity index is 2.02. The van der Waals surface area contributed by atoms with Gasteiger partial charge >= 0.3 is 0 Å². The Hall–Kier alpha value is -2.85. The van der Waals surface area contributed by atoms with Gasteiger partial charge in [-0.1, -0.05) is 18.2 Å².